The van der Waals surface area contributed by atoms with Gasteiger partial charge in [-0.15, -0.1) is 0 Å². The average molecular weight is 213 g/mol. The fraction of sp³-hybridized carbons (Fsp3) is 0.400. The first kappa shape index (κ1) is 11.8. The summed E-state index contributed by atoms with van der Waals surface area (Å²) in [4.78, 5) is 5.01. The van der Waals surface area contributed by atoms with Crippen molar-refractivity contribution in [3.8, 4) is 11.5 Å². The molecule has 0 saturated carbocycles. The van der Waals surface area contributed by atoms with E-state index in [0.717, 1.165) is 0 Å². The van der Waals surface area contributed by atoms with Gasteiger partial charge in [0.15, 0.2) is 11.5 Å². The lowest BCUT2D eigenvalue weighted by atomic mass is 10.2. The summed E-state index contributed by atoms with van der Waals surface area (Å²) in [5.41, 5.74) is 3.23. The lowest BCUT2D eigenvalue weighted by Gasteiger charge is -2.07. The van der Waals surface area contributed by atoms with Crippen molar-refractivity contribution < 1.29 is 19.8 Å². The zero-order valence-corrected chi connectivity index (χ0v) is 8.56. The molecule has 5 heteroatoms. The number of para-hydroxylation sites is 1. The Morgan fingerprint density at radius 1 is 1.27 bits per heavy atom. The van der Waals surface area contributed by atoms with Crippen molar-refractivity contribution in [2.45, 2.75) is 6.54 Å². The summed E-state index contributed by atoms with van der Waals surface area (Å²) in [5.74, 6) is -0.258. The molecule has 15 heavy (non-hydrogen) atoms. The van der Waals surface area contributed by atoms with Crippen LogP contribution in [-0.2, 0) is 16.1 Å². The van der Waals surface area contributed by atoms with E-state index in [-0.39, 0.29) is 11.5 Å². The highest BCUT2D eigenvalue weighted by atomic mass is 16.7. The van der Waals surface area contributed by atoms with Crippen molar-refractivity contribution in [1.82, 2.24) is 5.48 Å². The molecule has 0 fully saturated rings. The minimum Gasteiger partial charge on any atom is -0.504 e. The molecule has 0 saturated heterocycles. The zero-order chi connectivity index (χ0) is 11.1. The molecular weight excluding hydrogens is 198 g/mol. The molecule has 1 aromatic carbocycles. The molecule has 0 aliphatic heterocycles. The largest absolute Gasteiger partial charge is 0.504 e. The summed E-state index contributed by atoms with van der Waals surface area (Å²) >= 11 is 0. The molecule has 0 bridgehead atoms. The highest BCUT2D eigenvalue weighted by Gasteiger charge is 2.04. The Kier molecular flexibility index (Phi) is 4.89. The number of nitrogens with one attached hydrogen (secondary N) is 1. The van der Waals surface area contributed by atoms with Crippen LogP contribution in [0.2, 0.25) is 0 Å². The highest BCUT2D eigenvalue weighted by molar-refractivity contribution is 5.44. The summed E-state index contributed by atoms with van der Waals surface area (Å²) in [6, 6.07) is 4.77. The Balaban J connectivity index is 2.34. The van der Waals surface area contributed by atoms with Crippen molar-refractivity contribution in [3.63, 3.8) is 0 Å². The van der Waals surface area contributed by atoms with E-state index in [9.17, 15) is 10.2 Å². The van der Waals surface area contributed by atoms with Gasteiger partial charge < -0.3 is 14.9 Å². The molecule has 0 radical (unpaired) electrons. The molecule has 0 atom stereocenters. The third-order valence-corrected chi connectivity index (χ3v) is 1.85. The fourth-order valence-corrected chi connectivity index (χ4v) is 1.05. The SMILES string of the molecule is COCCONCc1cccc(O)c1O. The summed E-state index contributed by atoms with van der Waals surface area (Å²) in [6.07, 6.45) is 0. The van der Waals surface area contributed by atoms with Gasteiger partial charge in [-0.25, -0.2) is 0 Å². The van der Waals surface area contributed by atoms with Crippen LogP contribution in [-0.4, -0.2) is 30.5 Å². The first-order chi connectivity index (χ1) is 7.25. The average Bonchev–Trinajstić information content (AvgIpc) is 2.24. The molecule has 0 amide bonds. The van der Waals surface area contributed by atoms with E-state index < -0.39 is 0 Å². The summed E-state index contributed by atoms with van der Waals surface area (Å²) in [5, 5.41) is 18.6. The lowest BCUT2D eigenvalue weighted by molar-refractivity contribution is 0.00319. The minimum absolute atomic E-state index is 0.125. The summed E-state index contributed by atoms with van der Waals surface area (Å²) in [7, 11) is 1.59. The van der Waals surface area contributed by atoms with Gasteiger partial charge in [0.1, 0.15) is 0 Å². The Bertz CT molecular complexity index is 303. The Morgan fingerprint density at radius 3 is 2.80 bits per heavy atom. The number of benzene rings is 1. The fourth-order valence-electron chi connectivity index (χ4n) is 1.05. The van der Waals surface area contributed by atoms with E-state index in [1.807, 2.05) is 0 Å². The van der Waals surface area contributed by atoms with Crippen LogP contribution < -0.4 is 5.48 Å². The summed E-state index contributed by atoms with van der Waals surface area (Å²) < 4.78 is 4.78. The third kappa shape index (κ3) is 3.75. The maximum Gasteiger partial charge on any atom is 0.162 e. The van der Waals surface area contributed by atoms with Crippen LogP contribution in [0.1, 0.15) is 5.56 Å². The molecule has 1 aromatic rings. The predicted octanol–water partition coefficient (Wildman–Crippen LogP) is 0.765. The molecule has 3 N–H and O–H groups in total. The molecule has 0 aliphatic rings. The number of ether oxygens (including phenoxy) is 1. The second-order valence-corrected chi connectivity index (χ2v) is 2.95. The Morgan fingerprint density at radius 2 is 2.07 bits per heavy atom. The molecule has 0 spiro atoms. The van der Waals surface area contributed by atoms with E-state index in [2.05, 4.69) is 5.48 Å². The topological polar surface area (TPSA) is 71.0 Å². The zero-order valence-electron chi connectivity index (χ0n) is 8.56. The first-order valence-corrected chi connectivity index (χ1v) is 4.59. The van der Waals surface area contributed by atoms with Gasteiger partial charge in [0.05, 0.1) is 13.2 Å². The third-order valence-electron chi connectivity index (χ3n) is 1.85. The van der Waals surface area contributed by atoms with Gasteiger partial charge in [-0.05, 0) is 6.07 Å². The lowest BCUT2D eigenvalue weighted by Crippen LogP contribution is -2.17. The minimum atomic E-state index is -0.133. The van der Waals surface area contributed by atoms with E-state index in [1.165, 1.54) is 6.07 Å². The number of hydrogen-bond acceptors (Lipinski definition) is 5. The quantitative estimate of drug-likeness (QED) is 0.370. The van der Waals surface area contributed by atoms with Crippen molar-refractivity contribution in [2.24, 2.45) is 0 Å². The Hall–Kier alpha value is -1.30. The number of hydroxylamine groups is 1. The number of rotatable bonds is 6. The molecule has 1 rings (SSSR count). The van der Waals surface area contributed by atoms with Crippen LogP contribution in [0.4, 0.5) is 0 Å². The maximum atomic E-state index is 9.43. The van der Waals surface area contributed by atoms with E-state index in [4.69, 9.17) is 9.57 Å². The van der Waals surface area contributed by atoms with Gasteiger partial charge in [-0.3, -0.25) is 4.84 Å². The highest BCUT2D eigenvalue weighted by Crippen LogP contribution is 2.27. The van der Waals surface area contributed by atoms with Crippen LogP contribution in [0, 0.1) is 0 Å². The number of phenolic OH excluding ortho intramolecular Hbond substituents is 2. The van der Waals surface area contributed by atoms with Gasteiger partial charge in [-0.1, -0.05) is 12.1 Å². The molecule has 0 heterocycles. The van der Waals surface area contributed by atoms with Crippen LogP contribution in [0.15, 0.2) is 18.2 Å². The van der Waals surface area contributed by atoms with Crippen molar-refractivity contribution >= 4 is 0 Å². The van der Waals surface area contributed by atoms with Crippen LogP contribution in [0.5, 0.6) is 11.5 Å². The molecule has 0 aromatic heterocycles. The van der Waals surface area contributed by atoms with Crippen molar-refractivity contribution in [2.75, 3.05) is 20.3 Å². The number of methoxy groups -OCH3 is 1. The molecule has 0 aliphatic carbocycles. The number of aromatic hydroxyl groups is 2. The molecular formula is C10H15NO4. The predicted molar refractivity (Wildman–Crippen MR) is 54.4 cm³/mol. The summed E-state index contributed by atoms with van der Waals surface area (Å²) in [6.45, 7) is 1.25. The van der Waals surface area contributed by atoms with E-state index in [0.29, 0.717) is 25.3 Å². The normalized spacial score (nSPS) is 10.5. The standard InChI is InChI=1S/C10H15NO4/c1-14-5-6-15-11-7-8-3-2-4-9(12)10(8)13/h2-4,11-13H,5-7H2,1H3. The molecule has 84 valence electrons. The van der Waals surface area contributed by atoms with Gasteiger partial charge in [0.2, 0.25) is 0 Å². The number of hydrogen-bond donors (Lipinski definition) is 3. The maximum absolute atomic E-state index is 9.43. The molecule has 0 unspecified atom stereocenters. The van der Waals surface area contributed by atoms with Crippen molar-refractivity contribution in [3.05, 3.63) is 23.8 Å². The van der Waals surface area contributed by atoms with Gasteiger partial charge in [-0.2, -0.15) is 5.48 Å². The number of phenols is 2. The van der Waals surface area contributed by atoms with E-state index >= 15 is 0 Å². The van der Waals surface area contributed by atoms with Crippen molar-refractivity contribution in [1.29, 1.82) is 0 Å². The van der Waals surface area contributed by atoms with Crippen LogP contribution in [0.25, 0.3) is 0 Å². The van der Waals surface area contributed by atoms with Crippen LogP contribution >= 0.6 is 0 Å². The first-order valence-electron chi connectivity index (χ1n) is 4.59. The van der Waals surface area contributed by atoms with Gasteiger partial charge in [0.25, 0.3) is 0 Å². The van der Waals surface area contributed by atoms with Gasteiger partial charge in [0, 0.05) is 19.2 Å². The second-order valence-electron chi connectivity index (χ2n) is 2.95. The van der Waals surface area contributed by atoms with E-state index in [1.54, 1.807) is 19.2 Å². The second kappa shape index (κ2) is 6.23. The molecule has 5 nitrogen and oxygen atoms in total. The van der Waals surface area contributed by atoms with Crippen LogP contribution in [0.3, 0.4) is 0 Å². The monoisotopic (exact) mass is 213 g/mol. The van der Waals surface area contributed by atoms with Gasteiger partial charge >= 0.3 is 0 Å². The smallest absolute Gasteiger partial charge is 0.162 e. The Labute approximate surface area is 88.2 Å².